The third-order valence-electron chi connectivity index (χ3n) is 2.47. The predicted molar refractivity (Wildman–Crippen MR) is 82.5 cm³/mol. The van der Waals surface area contributed by atoms with Gasteiger partial charge in [-0.3, -0.25) is 0 Å². The van der Waals surface area contributed by atoms with Gasteiger partial charge in [-0.1, -0.05) is 6.07 Å². The smallest absolute Gasteiger partial charge is 0.407 e. The average Bonchev–Trinajstić information content (AvgIpc) is 2.23. The number of alkyl carbamates (subject to hydrolysis) is 1. The van der Waals surface area contributed by atoms with Crippen LogP contribution in [0.1, 0.15) is 31.9 Å². The number of nitrogens with two attached hydrogens (primary N) is 1. The molecule has 1 aromatic rings. The summed E-state index contributed by atoms with van der Waals surface area (Å²) in [5.41, 5.74) is 6.85. The van der Waals surface area contributed by atoms with Crippen LogP contribution < -0.4 is 11.1 Å². The van der Waals surface area contributed by atoms with Gasteiger partial charge in [0, 0.05) is 18.5 Å². The zero-order valence-electron chi connectivity index (χ0n) is 12.8. The van der Waals surface area contributed by atoms with Crippen molar-refractivity contribution in [1.29, 1.82) is 0 Å². The number of anilines is 1. The lowest BCUT2D eigenvalue weighted by Gasteiger charge is -2.20. The Hall–Kier alpha value is -1.76. The molecule has 0 atom stereocenters. The summed E-state index contributed by atoms with van der Waals surface area (Å²) in [6.45, 7) is 5.49. The molecule has 0 radical (unpaired) electrons. The standard InChI is InChI=1S/C14H22N2O4S/c1-14(2,3)20-13(17)16-8-10-5-6-12(15)7-11(10)9-21(4,18)19/h5-7H,8-9,15H2,1-4H3,(H,16,17). The van der Waals surface area contributed by atoms with Crippen LogP contribution in [-0.4, -0.2) is 26.4 Å². The molecule has 0 spiro atoms. The van der Waals surface area contributed by atoms with E-state index in [-0.39, 0.29) is 12.3 Å². The van der Waals surface area contributed by atoms with E-state index in [1.807, 2.05) is 0 Å². The minimum Gasteiger partial charge on any atom is -0.444 e. The summed E-state index contributed by atoms with van der Waals surface area (Å²) in [5.74, 6) is -0.122. The van der Waals surface area contributed by atoms with Gasteiger partial charge in [0.25, 0.3) is 0 Å². The maximum absolute atomic E-state index is 11.6. The first kappa shape index (κ1) is 17.3. The number of nitrogens with one attached hydrogen (secondary N) is 1. The van der Waals surface area contributed by atoms with Crippen molar-refractivity contribution in [3.8, 4) is 0 Å². The lowest BCUT2D eigenvalue weighted by atomic mass is 10.1. The highest BCUT2D eigenvalue weighted by molar-refractivity contribution is 7.89. The fraction of sp³-hybridized carbons (Fsp3) is 0.500. The Balaban J connectivity index is 2.81. The number of carbonyl (C=O) groups is 1. The third-order valence-corrected chi connectivity index (χ3v) is 3.31. The molecule has 1 aromatic carbocycles. The Kier molecular flexibility index (Phi) is 5.22. The normalized spacial score (nSPS) is 12.0. The number of ether oxygens (including phenoxy) is 1. The fourth-order valence-electron chi connectivity index (χ4n) is 1.72. The van der Waals surface area contributed by atoms with E-state index < -0.39 is 21.5 Å². The second-order valence-electron chi connectivity index (χ2n) is 5.95. The molecule has 0 heterocycles. The van der Waals surface area contributed by atoms with E-state index in [0.29, 0.717) is 16.8 Å². The molecule has 0 saturated carbocycles. The van der Waals surface area contributed by atoms with Crippen molar-refractivity contribution in [2.24, 2.45) is 0 Å². The van der Waals surface area contributed by atoms with E-state index >= 15 is 0 Å². The number of sulfone groups is 1. The molecule has 0 fully saturated rings. The first-order valence-corrected chi connectivity index (χ1v) is 8.54. The van der Waals surface area contributed by atoms with Crippen molar-refractivity contribution in [3.63, 3.8) is 0 Å². The molecular formula is C14H22N2O4S. The van der Waals surface area contributed by atoms with Crippen LogP contribution in [0.15, 0.2) is 18.2 Å². The Morgan fingerprint density at radius 2 is 1.90 bits per heavy atom. The molecular weight excluding hydrogens is 292 g/mol. The fourth-order valence-corrected chi connectivity index (χ4v) is 2.55. The van der Waals surface area contributed by atoms with Crippen molar-refractivity contribution >= 4 is 21.6 Å². The number of benzene rings is 1. The summed E-state index contributed by atoms with van der Waals surface area (Å²) in [6.07, 6.45) is 0.603. The van der Waals surface area contributed by atoms with Gasteiger partial charge in [0.15, 0.2) is 9.84 Å². The summed E-state index contributed by atoms with van der Waals surface area (Å²) in [7, 11) is -3.18. The number of carbonyl (C=O) groups excluding carboxylic acids is 1. The van der Waals surface area contributed by atoms with Gasteiger partial charge in [-0.15, -0.1) is 0 Å². The Bertz CT molecular complexity index is 618. The quantitative estimate of drug-likeness (QED) is 0.826. The zero-order valence-corrected chi connectivity index (χ0v) is 13.6. The maximum atomic E-state index is 11.6. The largest absolute Gasteiger partial charge is 0.444 e. The highest BCUT2D eigenvalue weighted by Gasteiger charge is 2.16. The van der Waals surface area contributed by atoms with E-state index in [2.05, 4.69) is 5.32 Å². The molecule has 118 valence electrons. The molecule has 0 aliphatic carbocycles. The number of rotatable bonds is 4. The van der Waals surface area contributed by atoms with Crippen LogP contribution in [0.25, 0.3) is 0 Å². The lowest BCUT2D eigenvalue weighted by molar-refractivity contribution is 0.0523. The molecule has 0 bridgehead atoms. The molecule has 21 heavy (non-hydrogen) atoms. The zero-order chi connectivity index (χ0) is 16.3. The molecule has 1 amide bonds. The summed E-state index contributed by atoms with van der Waals surface area (Å²) in [5, 5.41) is 2.60. The molecule has 0 aliphatic heterocycles. The minimum atomic E-state index is -3.18. The maximum Gasteiger partial charge on any atom is 0.407 e. The molecule has 0 saturated heterocycles. The number of nitrogen functional groups attached to an aromatic ring is 1. The SMILES string of the molecule is CC(C)(C)OC(=O)NCc1ccc(N)cc1CS(C)(=O)=O. The van der Waals surface area contributed by atoms with Crippen LogP contribution >= 0.6 is 0 Å². The van der Waals surface area contributed by atoms with Crippen molar-refractivity contribution < 1.29 is 17.9 Å². The van der Waals surface area contributed by atoms with Gasteiger partial charge in [-0.05, 0) is 44.0 Å². The van der Waals surface area contributed by atoms with Crippen LogP contribution in [0, 0.1) is 0 Å². The van der Waals surface area contributed by atoms with E-state index in [9.17, 15) is 13.2 Å². The third kappa shape index (κ3) is 6.99. The molecule has 0 aromatic heterocycles. The van der Waals surface area contributed by atoms with Crippen molar-refractivity contribution in [1.82, 2.24) is 5.32 Å². The van der Waals surface area contributed by atoms with Crippen molar-refractivity contribution in [3.05, 3.63) is 29.3 Å². The van der Waals surface area contributed by atoms with Gasteiger partial charge < -0.3 is 15.8 Å². The highest BCUT2D eigenvalue weighted by Crippen LogP contribution is 2.16. The minimum absolute atomic E-state index is 0.122. The summed E-state index contributed by atoms with van der Waals surface area (Å²) in [6, 6.07) is 4.97. The van der Waals surface area contributed by atoms with Crippen LogP contribution in [0.5, 0.6) is 0 Å². The van der Waals surface area contributed by atoms with Crippen LogP contribution in [0.2, 0.25) is 0 Å². The Labute approximate surface area is 125 Å². The summed E-state index contributed by atoms with van der Waals surface area (Å²) in [4.78, 5) is 11.6. The average molecular weight is 314 g/mol. The van der Waals surface area contributed by atoms with Crippen LogP contribution in [-0.2, 0) is 26.9 Å². The predicted octanol–water partition coefficient (Wildman–Crippen LogP) is 1.84. The van der Waals surface area contributed by atoms with Gasteiger partial charge >= 0.3 is 6.09 Å². The van der Waals surface area contributed by atoms with Gasteiger partial charge in [0.05, 0.1) is 5.75 Å². The van der Waals surface area contributed by atoms with Gasteiger partial charge in [-0.2, -0.15) is 0 Å². The monoisotopic (exact) mass is 314 g/mol. The number of hydrogen-bond acceptors (Lipinski definition) is 5. The molecule has 6 nitrogen and oxygen atoms in total. The second kappa shape index (κ2) is 6.34. The van der Waals surface area contributed by atoms with E-state index in [1.165, 1.54) is 0 Å². The highest BCUT2D eigenvalue weighted by atomic mass is 32.2. The van der Waals surface area contributed by atoms with Gasteiger partial charge in [0.1, 0.15) is 5.60 Å². The molecule has 3 N–H and O–H groups in total. The molecule has 0 aliphatic rings. The summed E-state index contributed by atoms with van der Waals surface area (Å²) < 4.78 is 28.0. The Morgan fingerprint density at radius 3 is 2.43 bits per heavy atom. The molecule has 7 heteroatoms. The molecule has 0 unspecified atom stereocenters. The van der Waals surface area contributed by atoms with Gasteiger partial charge in [0.2, 0.25) is 0 Å². The first-order valence-electron chi connectivity index (χ1n) is 6.48. The summed E-state index contributed by atoms with van der Waals surface area (Å²) >= 11 is 0. The van der Waals surface area contributed by atoms with Gasteiger partial charge in [-0.25, -0.2) is 13.2 Å². The van der Waals surface area contributed by atoms with Crippen LogP contribution in [0.3, 0.4) is 0 Å². The van der Waals surface area contributed by atoms with Crippen molar-refractivity contribution in [2.45, 2.75) is 38.7 Å². The van der Waals surface area contributed by atoms with E-state index in [4.69, 9.17) is 10.5 Å². The first-order chi connectivity index (χ1) is 9.46. The van der Waals surface area contributed by atoms with Crippen molar-refractivity contribution in [2.75, 3.05) is 12.0 Å². The number of hydrogen-bond donors (Lipinski definition) is 2. The number of amides is 1. The second-order valence-corrected chi connectivity index (χ2v) is 8.09. The molecule has 1 rings (SSSR count). The lowest BCUT2D eigenvalue weighted by Crippen LogP contribution is -2.32. The van der Waals surface area contributed by atoms with E-state index in [0.717, 1.165) is 6.26 Å². The topological polar surface area (TPSA) is 98.5 Å². The van der Waals surface area contributed by atoms with E-state index in [1.54, 1.807) is 39.0 Å². The van der Waals surface area contributed by atoms with Crippen LogP contribution in [0.4, 0.5) is 10.5 Å². The Morgan fingerprint density at radius 1 is 1.29 bits per heavy atom.